The van der Waals surface area contributed by atoms with Crippen molar-refractivity contribution in [2.24, 2.45) is 5.41 Å². The van der Waals surface area contributed by atoms with Crippen LogP contribution in [0.25, 0.3) is 0 Å². The lowest BCUT2D eigenvalue weighted by Gasteiger charge is -2.39. The molecule has 0 unspecified atom stereocenters. The van der Waals surface area contributed by atoms with E-state index in [-0.39, 0.29) is 0 Å². The molecule has 1 rings (SSSR count). The van der Waals surface area contributed by atoms with Crippen LogP contribution in [0.4, 0.5) is 0 Å². The fourth-order valence-corrected chi connectivity index (χ4v) is 1.45. The maximum Gasteiger partial charge on any atom is 0.311 e. The Labute approximate surface area is 100 Å². The Hall–Kier alpha value is -0.690. The number of aliphatic hydroxyl groups is 3. The van der Waals surface area contributed by atoms with Crippen LogP contribution in [-0.4, -0.2) is 52.0 Å². The van der Waals surface area contributed by atoms with E-state index in [2.05, 4.69) is 0 Å². The van der Waals surface area contributed by atoms with Gasteiger partial charge in [0.05, 0.1) is 11.5 Å². The molecule has 1 fully saturated rings. The summed E-state index contributed by atoms with van der Waals surface area (Å²) in [6.07, 6.45) is -5.98. The van der Waals surface area contributed by atoms with Crippen LogP contribution >= 0.6 is 0 Å². The molecule has 6 heteroatoms. The minimum atomic E-state index is -1.44. The van der Waals surface area contributed by atoms with Gasteiger partial charge in [-0.1, -0.05) is 0 Å². The fourth-order valence-electron chi connectivity index (χ4n) is 1.45. The van der Waals surface area contributed by atoms with Gasteiger partial charge >= 0.3 is 5.97 Å². The van der Waals surface area contributed by atoms with Crippen molar-refractivity contribution in [3.8, 4) is 0 Å². The van der Waals surface area contributed by atoms with Crippen molar-refractivity contribution in [2.45, 2.75) is 58.4 Å². The Bertz CT molecular complexity index is 284. The van der Waals surface area contributed by atoms with Crippen molar-refractivity contribution >= 4 is 5.97 Å². The van der Waals surface area contributed by atoms with E-state index >= 15 is 0 Å². The highest BCUT2D eigenvalue weighted by molar-refractivity contribution is 5.75. The van der Waals surface area contributed by atoms with E-state index in [0.717, 1.165) is 0 Å². The van der Waals surface area contributed by atoms with Crippen molar-refractivity contribution in [1.82, 2.24) is 0 Å². The third-order valence-electron chi connectivity index (χ3n) is 2.66. The van der Waals surface area contributed by atoms with E-state index < -0.39 is 42.1 Å². The molecule has 5 atom stereocenters. The highest BCUT2D eigenvalue weighted by atomic mass is 16.7. The fraction of sp³-hybridized carbons (Fsp3) is 0.909. The molecule has 0 radical (unpaired) electrons. The molecular weight excluding hydrogens is 228 g/mol. The van der Waals surface area contributed by atoms with Gasteiger partial charge in [0.2, 0.25) is 0 Å². The van der Waals surface area contributed by atoms with Gasteiger partial charge in [0.1, 0.15) is 12.2 Å². The zero-order chi connectivity index (χ0) is 13.4. The molecule has 0 aliphatic carbocycles. The first-order valence-electron chi connectivity index (χ1n) is 5.55. The minimum Gasteiger partial charge on any atom is -0.454 e. The minimum absolute atomic E-state index is 0.578. The maximum absolute atomic E-state index is 11.6. The number of carbonyl (C=O) groups excluding carboxylic acids is 1. The van der Waals surface area contributed by atoms with Gasteiger partial charge in [0.15, 0.2) is 12.4 Å². The number of aliphatic hydroxyl groups excluding tert-OH is 3. The summed E-state index contributed by atoms with van der Waals surface area (Å²) in [7, 11) is 0. The molecule has 0 spiro atoms. The van der Waals surface area contributed by atoms with Crippen molar-refractivity contribution in [3.05, 3.63) is 0 Å². The standard InChI is InChI=1S/C11H20O6/c1-5-6(12)7(13)8(9(14)16-5)17-10(15)11(2,3)4/h5-9,12-14H,1-4H3/t5-,6-,7+,8+,9+/m0/s1. The lowest BCUT2D eigenvalue weighted by atomic mass is 9.96. The first-order chi connectivity index (χ1) is 7.64. The maximum atomic E-state index is 11.6. The average molecular weight is 248 g/mol. The second-order valence-corrected chi connectivity index (χ2v) is 5.33. The molecular formula is C11H20O6. The van der Waals surface area contributed by atoms with Crippen LogP contribution in [0.1, 0.15) is 27.7 Å². The van der Waals surface area contributed by atoms with Crippen LogP contribution in [0, 0.1) is 5.41 Å². The number of rotatable bonds is 1. The van der Waals surface area contributed by atoms with Crippen LogP contribution in [0.15, 0.2) is 0 Å². The molecule has 1 saturated heterocycles. The van der Waals surface area contributed by atoms with Crippen LogP contribution < -0.4 is 0 Å². The summed E-state index contributed by atoms with van der Waals surface area (Å²) in [5, 5.41) is 28.9. The first kappa shape index (κ1) is 14.4. The predicted octanol–water partition coefficient (Wildman–Crippen LogP) is -0.597. The van der Waals surface area contributed by atoms with Gasteiger partial charge in [-0.05, 0) is 27.7 Å². The van der Waals surface area contributed by atoms with Gasteiger partial charge in [-0.3, -0.25) is 4.79 Å². The van der Waals surface area contributed by atoms with Gasteiger partial charge < -0.3 is 24.8 Å². The second-order valence-electron chi connectivity index (χ2n) is 5.33. The third kappa shape index (κ3) is 3.16. The van der Waals surface area contributed by atoms with Gasteiger partial charge in [0.25, 0.3) is 0 Å². The Morgan fingerprint density at radius 3 is 2.18 bits per heavy atom. The second kappa shape index (κ2) is 4.89. The molecule has 100 valence electrons. The van der Waals surface area contributed by atoms with E-state index in [0.29, 0.717) is 0 Å². The number of hydrogen-bond donors (Lipinski definition) is 3. The topological polar surface area (TPSA) is 96.2 Å². The molecule has 1 heterocycles. The van der Waals surface area contributed by atoms with Crippen molar-refractivity contribution < 1.29 is 29.6 Å². The smallest absolute Gasteiger partial charge is 0.311 e. The van der Waals surface area contributed by atoms with Gasteiger partial charge in [0, 0.05) is 0 Å². The lowest BCUT2D eigenvalue weighted by Crippen LogP contribution is -2.58. The molecule has 0 saturated carbocycles. The Morgan fingerprint density at radius 1 is 1.18 bits per heavy atom. The number of hydrogen-bond acceptors (Lipinski definition) is 6. The quantitative estimate of drug-likeness (QED) is 0.536. The van der Waals surface area contributed by atoms with Crippen LogP contribution in [-0.2, 0) is 14.3 Å². The Morgan fingerprint density at radius 2 is 1.71 bits per heavy atom. The summed E-state index contributed by atoms with van der Waals surface area (Å²) in [6, 6.07) is 0. The van der Waals surface area contributed by atoms with Gasteiger partial charge in [-0.25, -0.2) is 0 Å². The molecule has 0 amide bonds. The summed E-state index contributed by atoms with van der Waals surface area (Å²) >= 11 is 0. The summed E-state index contributed by atoms with van der Waals surface area (Å²) in [5.74, 6) is -0.578. The van der Waals surface area contributed by atoms with Crippen molar-refractivity contribution in [3.63, 3.8) is 0 Å². The zero-order valence-electron chi connectivity index (χ0n) is 10.5. The van der Waals surface area contributed by atoms with E-state index in [1.165, 1.54) is 6.92 Å². The summed E-state index contributed by atoms with van der Waals surface area (Å²) in [4.78, 5) is 11.6. The van der Waals surface area contributed by atoms with E-state index in [4.69, 9.17) is 9.47 Å². The monoisotopic (exact) mass is 248 g/mol. The van der Waals surface area contributed by atoms with Crippen LogP contribution in [0.2, 0.25) is 0 Å². The molecule has 0 aromatic carbocycles. The molecule has 0 aromatic heterocycles. The largest absolute Gasteiger partial charge is 0.454 e. The highest BCUT2D eigenvalue weighted by Crippen LogP contribution is 2.25. The van der Waals surface area contributed by atoms with E-state index in [1.807, 2.05) is 0 Å². The number of carbonyl (C=O) groups is 1. The first-order valence-corrected chi connectivity index (χ1v) is 5.55. The SMILES string of the molecule is C[C@@H]1O[C@@H](O)[C@H](OC(=O)C(C)(C)C)[C@H](O)[C@H]1O. The van der Waals surface area contributed by atoms with Crippen LogP contribution in [0.5, 0.6) is 0 Å². The lowest BCUT2D eigenvalue weighted by molar-refractivity contribution is -0.284. The number of ether oxygens (including phenoxy) is 2. The highest BCUT2D eigenvalue weighted by Gasteiger charge is 2.45. The Balaban J connectivity index is 2.73. The van der Waals surface area contributed by atoms with Crippen LogP contribution in [0.3, 0.4) is 0 Å². The molecule has 17 heavy (non-hydrogen) atoms. The van der Waals surface area contributed by atoms with Gasteiger partial charge in [-0.15, -0.1) is 0 Å². The number of esters is 1. The van der Waals surface area contributed by atoms with Crippen molar-refractivity contribution in [2.75, 3.05) is 0 Å². The predicted molar refractivity (Wildman–Crippen MR) is 57.9 cm³/mol. The van der Waals surface area contributed by atoms with E-state index in [9.17, 15) is 20.1 Å². The third-order valence-corrected chi connectivity index (χ3v) is 2.66. The molecule has 1 aliphatic heterocycles. The summed E-state index contributed by atoms with van der Waals surface area (Å²) in [5.41, 5.74) is -0.756. The van der Waals surface area contributed by atoms with Gasteiger partial charge in [-0.2, -0.15) is 0 Å². The molecule has 3 N–H and O–H groups in total. The average Bonchev–Trinajstić information content (AvgIpc) is 2.19. The molecule has 0 aromatic rings. The molecule has 6 nitrogen and oxygen atoms in total. The summed E-state index contributed by atoms with van der Waals surface area (Å²) < 4.78 is 9.94. The molecule has 1 aliphatic rings. The molecule has 0 bridgehead atoms. The van der Waals surface area contributed by atoms with Crippen molar-refractivity contribution in [1.29, 1.82) is 0 Å². The van der Waals surface area contributed by atoms with E-state index in [1.54, 1.807) is 20.8 Å². The Kier molecular flexibility index (Phi) is 4.14. The normalized spacial score (nSPS) is 38.9. The zero-order valence-corrected chi connectivity index (χ0v) is 10.5. The summed E-state index contributed by atoms with van der Waals surface area (Å²) in [6.45, 7) is 6.46.